The van der Waals surface area contributed by atoms with E-state index in [1.807, 2.05) is 0 Å². The van der Waals surface area contributed by atoms with Gasteiger partial charge in [-0.2, -0.15) is 0 Å². The molecule has 0 atom stereocenters. The van der Waals surface area contributed by atoms with Crippen molar-refractivity contribution < 1.29 is 0 Å². The molecule has 2 heteroatoms. The van der Waals surface area contributed by atoms with Crippen molar-refractivity contribution in [1.82, 2.24) is 9.80 Å². The predicted octanol–water partition coefficient (Wildman–Crippen LogP) is 1.96. The lowest BCUT2D eigenvalue weighted by Gasteiger charge is -2.43. The van der Waals surface area contributed by atoms with Gasteiger partial charge in [-0.15, -0.1) is 0 Å². The Hall–Kier alpha value is -0.0800. The molecule has 0 bridgehead atoms. The SMILES string of the molecule is CCCCN1CCN(C2CCC2)CC1. The van der Waals surface area contributed by atoms with Gasteiger partial charge in [0.25, 0.3) is 0 Å². The zero-order valence-electron chi connectivity index (χ0n) is 9.54. The minimum Gasteiger partial charge on any atom is -0.301 e. The van der Waals surface area contributed by atoms with Crippen molar-refractivity contribution in [1.29, 1.82) is 0 Å². The Bertz CT molecular complexity index is 158. The first-order valence-corrected chi connectivity index (χ1v) is 6.36. The first-order chi connectivity index (χ1) is 6.90. The van der Waals surface area contributed by atoms with Crippen LogP contribution < -0.4 is 0 Å². The Labute approximate surface area is 88.3 Å². The maximum atomic E-state index is 2.71. The molecule has 0 unspecified atom stereocenters. The lowest BCUT2D eigenvalue weighted by Crippen LogP contribution is -2.52. The van der Waals surface area contributed by atoms with E-state index in [1.165, 1.54) is 64.8 Å². The van der Waals surface area contributed by atoms with Crippen molar-refractivity contribution in [2.45, 2.75) is 45.1 Å². The van der Waals surface area contributed by atoms with E-state index in [9.17, 15) is 0 Å². The minimum atomic E-state index is 0.961. The van der Waals surface area contributed by atoms with Gasteiger partial charge in [0.1, 0.15) is 0 Å². The molecule has 14 heavy (non-hydrogen) atoms. The molecule has 1 saturated carbocycles. The van der Waals surface area contributed by atoms with Gasteiger partial charge < -0.3 is 4.90 Å². The molecule has 0 amide bonds. The standard InChI is InChI=1S/C12H24N2/c1-2-3-7-13-8-10-14(11-9-13)12-5-4-6-12/h12H,2-11H2,1H3. The maximum absolute atomic E-state index is 2.71. The second-order valence-corrected chi connectivity index (χ2v) is 4.82. The van der Waals surface area contributed by atoms with E-state index in [1.54, 1.807) is 0 Å². The molecule has 2 nitrogen and oxygen atoms in total. The number of piperazine rings is 1. The molecule has 2 rings (SSSR count). The van der Waals surface area contributed by atoms with Crippen LogP contribution >= 0.6 is 0 Å². The number of hydrogen-bond donors (Lipinski definition) is 0. The minimum absolute atomic E-state index is 0.961. The van der Waals surface area contributed by atoms with Gasteiger partial charge in [-0.3, -0.25) is 4.90 Å². The Morgan fingerprint density at radius 2 is 1.79 bits per heavy atom. The van der Waals surface area contributed by atoms with E-state index in [0.717, 1.165) is 6.04 Å². The van der Waals surface area contributed by atoms with Crippen LogP contribution in [0.2, 0.25) is 0 Å². The van der Waals surface area contributed by atoms with Crippen LogP contribution in [0.5, 0.6) is 0 Å². The van der Waals surface area contributed by atoms with Gasteiger partial charge in [-0.25, -0.2) is 0 Å². The molecule has 0 N–H and O–H groups in total. The number of rotatable bonds is 4. The van der Waals surface area contributed by atoms with Crippen LogP contribution in [0.15, 0.2) is 0 Å². The zero-order chi connectivity index (χ0) is 9.80. The second-order valence-electron chi connectivity index (χ2n) is 4.82. The van der Waals surface area contributed by atoms with E-state index in [0.29, 0.717) is 0 Å². The van der Waals surface area contributed by atoms with E-state index >= 15 is 0 Å². The lowest BCUT2D eigenvalue weighted by atomic mass is 9.91. The monoisotopic (exact) mass is 196 g/mol. The summed E-state index contributed by atoms with van der Waals surface area (Å²) in [5, 5.41) is 0. The fourth-order valence-corrected chi connectivity index (χ4v) is 2.49. The molecule has 82 valence electrons. The van der Waals surface area contributed by atoms with Crippen molar-refractivity contribution in [3.63, 3.8) is 0 Å². The fraction of sp³-hybridized carbons (Fsp3) is 1.00. The van der Waals surface area contributed by atoms with E-state index in [2.05, 4.69) is 16.7 Å². The zero-order valence-corrected chi connectivity index (χ0v) is 9.54. The lowest BCUT2D eigenvalue weighted by molar-refractivity contribution is 0.0613. The Balaban J connectivity index is 1.64. The first-order valence-electron chi connectivity index (χ1n) is 6.36. The molecule has 0 aromatic heterocycles. The third-order valence-corrected chi connectivity index (χ3v) is 3.83. The third kappa shape index (κ3) is 2.48. The van der Waals surface area contributed by atoms with Gasteiger partial charge in [0, 0.05) is 32.2 Å². The Kier molecular flexibility index (Phi) is 3.82. The molecular formula is C12H24N2. The van der Waals surface area contributed by atoms with Crippen molar-refractivity contribution >= 4 is 0 Å². The van der Waals surface area contributed by atoms with Gasteiger partial charge in [0.15, 0.2) is 0 Å². The average Bonchev–Trinajstić information content (AvgIpc) is 2.14. The summed E-state index contributed by atoms with van der Waals surface area (Å²) < 4.78 is 0. The summed E-state index contributed by atoms with van der Waals surface area (Å²) in [6.07, 6.45) is 7.12. The molecular weight excluding hydrogens is 172 g/mol. The highest BCUT2D eigenvalue weighted by Crippen LogP contribution is 2.25. The summed E-state index contributed by atoms with van der Waals surface area (Å²) in [5.41, 5.74) is 0. The van der Waals surface area contributed by atoms with Crippen molar-refractivity contribution in [2.75, 3.05) is 32.7 Å². The maximum Gasteiger partial charge on any atom is 0.0113 e. The smallest absolute Gasteiger partial charge is 0.0113 e. The number of hydrogen-bond acceptors (Lipinski definition) is 2. The van der Waals surface area contributed by atoms with Crippen molar-refractivity contribution in [3.05, 3.63) is 0 Å². The normalized spacial score (nSPS) is 26.4. The molecule has 0 aromatic rings. The summed E-state index contributed by atoms with van der Waals surface area (Å²) in [4.78, 5) is 5.35. The molecule has 2 aliphatic rings. The highest BCUT2D eigenvalue weighted by Gasteiger charge is 2.27. The quantitative estimate of drug-likeness (QED) is 0.678. The van der Waals surface area contributed by atoms with Crippen LogP contribution in [0.3, 0.4) is 0 Å². The van der Waals surface area contributed by atoms with Gasteiger partial charge in [0.2, 0.25) is 0 Å². The highest BCUT2D eigenvalue weighted by atomic mass is 15.3. The van der Waals surface area contributed by atoms with Crippen LogP contribution in [0.25, 0.3) is 0 Å². The van der Waals surface area contributed by atoms with Crippen molar-refractivity contribution in [3.8, 4) is 0 Å². The van der Waals surface area contributed by atoms with Crippen molar-refractivity contribution in [2.24, 2.45) is 0 Å². The van der Waals surface area contributed by atoms with Gasteiger partial charge in [0.05, 0.1) is 0 Å². The summed E-state index contributed by atoms with van der Waals surface area (Å²) in [6.45, 7) is 8.90. The summed E-state index contributed by atoms with van der Waals surface area (Å²) >= 11 is 0. The third-order valence-electron chi connectivity index (χ3n) is 3.83. The molecule has 2 fully saturated rings. The number of unbranched alkanes of at least 4 members (excludes halogenated alkanes) is 1. The van der Waals surface area contributed by atoms with Crippen LogP contribution in [-0.2, 0) is 0 Å². The number of nitrogens with zero attached hydrogens (tertiary/aromatic N) is 2. The van der Waals surface area contributed by atoms with Crippen LogP contribution in [0, 0.1) is 0 Å². The average molecular weight is 196 g/mol. The van der Waals surface area contributed by atoms with Crippen LogP contribution in [0.4, 0.5) is 0 Å². The molecule has 1 aliphatic carbocycles. The molecule has 1 saturated heterocycles. The van der Waals surface area contributed by atoms with Gasteiger partial charge >= 0.3 is 0 Å². The topological polar surface area (TPSA) is 6.48 Å². The van der Waals surface area contributed by atoms with Crippen LogP contribution in [-0.4, -0.2) is 48.6 Å². The molecule has 0 aromatic carbocycles. The summed E-state index contributed by atoms with van der Waals surface area (Å²) in [6, 6.07) is 0.961. The van der Waals surface area contributed by atoms with Gasteiger partial charge in [-0.1, -0.05) is 19.8 Å². The van der Waals surface area contributed by atoms with E-state index < -0.39 is 0 Å². The molecule has 0 radical (unpaired) electrons. The van der Waals surface area contributed by atoms with Crippen LogP contribution in [0.1, 0.15) is 39.0 Å². The Morgan fingerprint density at radius 3 is 2.29 bits per heavy atom. The fourth-order valence-electron chi connectivity index (χ4n) is 2.49. The largest absolute Gasteiger partial charge is 0.301 e. The highest BCUT2D eigenvalue weighted by molar-refractivity contribution is 4.83. The summed E-state index contributed by atoms with van der Waals surface area (Å²) in [5.74, 6) is 0. The molecule has 0 spiro atoms. The van der Waals surface area contributed by atoms with E-state index in [4.69, 9.17) is 0 Å². The Morgan fingerprint density at radius 1 is 1.07 bits per heavy atom. The first kappa shape index (κ1) is 10.4. The molecule has 1 aliphatic heterocycles. The summed E-state index contributed by atoms with van der Waals surface area (Å²) in [7, 11) is 0. The van der Waals surface area contributed by atoms with E-state index in [-0.39, 0.29) is 0 Å². The predicted molar refractivity (Wildman–Crippen MR) is 60.6 cm³/mol. The second kappa shape index (κ2) is 5.13. The van der Waals surface area contributed by atoms with Gasteiger partial charge in [-0.05, 0) is 25.8 Å². The molecule has 1 heterocycles.